The van der Waals surface area contributed by atoms with Gasteiger partial charge in [-0.1, -0.05) is 12.1 Å². The van der Waals surface area contributed by atoms with Gasteiger partial charge in [-0.15, -0.1) is 0 Å². The number of aromatic nitrogens is 1. The number of nitrogens with one attached hydrogen (secondary N) is 2. The molecule has 116 valence electrons. The van der Waals surface area contributed by atoms with Gasteiger partial charge in [0.25, 0.3) is 0 Å². The van der Waals surface area contributed by atoms with E-state index in [4.69, 9.17) is 9.84 Å². The molecule has 6 heteroatoms. The first kappa shape index (κ1) is 15.8. The van der Waals surface area contributed by atoms with Gasteiger partial charge in [-0.2, -0.15) is 0 Å². The van der Waals surface area contributed by atoms with Gasteiger partial charge in [0.2, 0.25) is 5.88 Å². The Hall–Kier alpha value is -2.60. The van der Waals surface area contributed by atoms with Crippen LogP contribution < -0.4 is 15.4 Å². The number of aliphatic hydroxyl groups excluding tert-OH is 1. The minimum absolute atomic E-state index is 0.119. The lowest BCUT2D eigenvalue weighted by Gasteiger charge is -2.13. The zero-order valence-corrected chi connectivity index (χ0v) is 12.6. The van der Waals surface area contributed by atoms with Crippen LogP contribution in [0.4, 0.5) is 10.5 Å². The van der Waals surface area contributed by atoms with Crippen molar-refractivity contribution >= 4 is 11.7 Å². The van der Waals surface area contributed by atoms with E-state index in [1.165, 1.54) is 0 Å². The van der Waals surface area contributed by atoms with E-state index in [1.807, 2.05) is 32.0 Å². The molecule has 2 aromatic rings. The normalized spacial score (nSPS) is 10.1. The molecule has 0 spiro atoms. The summed E-state index contributed by atoms with van der Waals surface area (Å²) in [5, 5.41) is 13.9. The quantitative estimate of drug-likeness (QED) is 0.792. The number of hydrogen-bond acceptors (Lipinski definition) is 4. The van der Waals surface area contributed by atoms with Crippen LogP contribution in [0.2, 0.25) is 0 Å². The zero-order valence-electron chi connectivity index (χ0n) is 12.6. The van der Waals surface area contributed by atoms with E-state index in [-0.39, 0.29) is 13.2 Å². The van der Waals surface area contributed by atoms with Gasteiger partial charge in [0, 0.05) is 12.7 Å². The molecule has 0 atom stereocenters. The molecule has 0 fully saturated rings. The number of rotatable bonds is 5. The molecule has 1 heterocycles. The minimum Gasteiger partial charge on any atom is -0.437 e. The highest BCUT2D eigenvalue weighted by Crippen LogP contribution is 2.30. The molecular weight excluding hydrogens is 282 g/mol. The number of nitrogens with zero attached hydrogens (tertiary/aromatic N) is 1. The Morgan fingerprint density at radius 3 is 2.86 bits per heavy atom. The van der Waals surface area contributed by atoms with Crippen molar-refractivity contribution in [2.45, 2.75) is 13.8 Å². The van der Waals surface area contributed by atoms with E-state index in [0.717, 1.165) is 11.1 Å². The topological polar surface area (TPSA) is 83.5 Å². The van der Waals surface area contributed by atoms with Gasteiger partial charge in [-0.05, 0) is 43.2 Å². The summed E-state index contributed by atoms with van der Waals surface area (Å²) in [6.45, 7) is 4.03. The van der Waals surface area contributed by atoms with Crippen LogP contribution in [0, 0.1) is 13.8 Å². The lowest BCUT2D eigenvalue weighted by Crippen LogP contribution is -2.31. The first-order valence-electron chi connectivity index (χ1n) is 6.96. The number of aliphatic hydroxyl groups is 1. The van der Waals surface area contributed by atoms with Crippen LogP contribution >= 0.6 is 0 Å². The maximum atomic E-state index is 11.7. The molecular formula is C16H19N3O3. The summed E-state index contributed by atoms with van der Waals surface area (Å²) in [5.74, 6) is 1.01. The molecule has 0 aliphatic carbocycles. The van der Waals surface area contributed by atoms with E-state index in [1.54, 1.807) is 18.3 Å². The van der Waals surface area contributed by atoms with Gasteiger partial charge in [0.1, 0.15) is 11.4 Å². The van der Waals surface area contributed by atoms with E-state index >= 15 is 0 Å². The van der Waals surface area contributed by atoms with Crippen LogP contribution in [0.5, 0.6) is 11.6 Å². The Labute approximate surface area is 129 Å². The van der Waals surface area contributed by atoms with Crippen LogP contribution in [-0.2, 0) is 0 Å². The van der Waals surface area contributed by atoms with E-state index in [9.17, 15) is 4.79 Å². The first-order chi connectivity index (χ1) is 10.6. The van der Waals surface area contributed by atoms with Gasteiger partial charge in [0.15, 0.2) is 0 Å². The largest absolute Gasteiger partial charge is 0.437 e. The molecule has 1 aromatic heterocycles. The van der Waals surface area contributed by atoms with Crippen molar-refractivity contribution in [2.75, 3.05) is 18.5 Å². The molecule has 1 aromatic carbocycles. The Morgan fingerprint density at radius 1 is 1.27 bits per heavy atom. The molecule has 0 saturated carbocycles. The number of amides is 2. The van der Waals surface area contributed by atoms with E-state index in [0.29, 0.717) is 17.3 Å². The minimum atomic E-state index is -0.423. The second-order valence-electron chi connectivity index (χ2n) is 4.76. The third-order valence-electron chi connectivity index (χ3n) is 3.18. The van der Waals surface area contributed by atoms with Gasteiger partial charge in [0.05, 0.1) is 6.61 Å². The lowest BCUT2D eigenvalue weighted by molar-refractivity contribution is 0.244. The fraction of sp³-hybridized carbons (Fsp3) is 0.250. The van der Waals surface area contributed by atoms with E-state index in [2.05, 4.69) is 15.6 Å². The van der Waals surface area contributed by atoms with Gasteiger partial charge < -0.3 is 20.5 Å². The number of pyridine rings is 1. The number of urea groups is 1. The molecule has 0 bridgehead atoms. The summed E-state index contributed by atoms with van der Waals surface area (Å²) in [5.41, 5.74) is 2.59. The highest BCUT2D eigenvalue weighted by atomic mass is 16.5. The standard InChI is InChI=1S/C16H19N3O3/c1-11-5-3-7-14(12(11)2)22-15-13(6-4-8-17-15)19-16(21)18-9-10-20/h3-8,20H,9-10H2,1-2H3,(H2,18,19,21). The fourth-order valence-electron chi connectivity index (χ4n) is 1.84. The number of carbonyl (C=O) groups is 1. The molecule has 0 aliphatic heterocycles. The zero-order chi connectivity index (χ0) is 15.9. The predicted octanol–water partition coefficient (Wildman–Crippen LogP) is 2.60. The molecule has 2 amide bonds. The van der Waals surface area contributed by atoms with Crippen LogP contribution in [0.1, 0.15) is 11.1 Å². The van der Waals surface area contributed by atoms with Crippen molar-refractivity contribution in [1.29, 1.82) is 0 Å². The number of anilines is 1. The van der Waals surface area contributed by atoms with Crippen molar-refractivity contribution < 1.29 is 14.6 Å². The van der Waals surface area contributed by atoms with Gasteiger partial charge >= 0.3 is 6.03 Å². The molecule has 0 saturated heterocycles. The molecule has 6 nitrogen and oxygen atoms in total. The maximum absolute atomic E-state index is 11.7. The Balaban J connectivity index is 2.18. The SMILES string of the molecule is Cc1cccc(Oc2ncccc2NC(=O)NCCO)c1C. The van der Waals surface area contributed by atoms with Gasteiger partial charge in [-0.3, -0.25) is 0 Å². The first-order valence-corrected chi connectivity index (χ1v) is 6.96. The molecule has 0 radical (unpaired) electrons. The van der Waals surface area contributed by atoms with Crippen molar-refractivity contribution in [3.05, 3.63) is 47.7 Å². The third kappa shape index (κ3) is 3.95. The van der Waals surface area contributed by atoms with Crippen LogP contribution in [0.25, 0.3) is 0 Å². The third-order valence-corrected chi connectivity index (χ3v) is 3.18. The molecule has 0 aliphatic rings. The van der Waals surface area contributed by atoms with Crippen molar-refractivity contribution in [3.8, 4) is 11.6 Å². The summed E-state index contributed by atoms with van der Waals surface area (Å²) >= 11 is 0. The van der Waals surface area contributed by atoms with Crippen LogP contribution in [0.3, 0.4) is 0 Å². The van der Waals surface area contributed by atoms with Crippen molar-refractivity contribution in [1.82, 2.24) is 10.3 Å². The number of benzene rings is 1. The average molecular weight is 301 g/mol. The predicted molar refractivity (Wildman–Crippen MR) is 84.3 cm³/mol. The van der Waals surface area contributed by atoms with E-state index < -0.39 is 6.03 Å². The number of ether oxygens (including phenoxy) is 1. The monoisotopic (exact) mass is 301 g/mol. The number of carbonyl (C=O) groups excluding carboxylic acids is 1. The summed E-state index contributed by atoms with van der Waals surface area (Å²) in [4.78, 5) is 15.8. The molecule has 3 N–H and O–H groups in total. The fourth-order valence-corrected chi connectivity index (χ4v) is 1.84. The smallest absolute Gasteiger partial charge is 0.319 e. The van der Waals surface area contributed by atoms with Crippen molar-refractivity contribution in [2.24, 2.45) is 0 Å². The van der Waals surface area contributed by atoms with Crippen LogP contribution in [0.15, 0.2) is 36.5 Å². The lowest BCUT2D eigenvalue weighted by atomic mass is 10.1. The average Bonchev–Trinajstić information content (AvgIpc) is 2.51. The Kier molecular flexibility index (Phi) is 5.32. The molecule has 2 rings (SSSR count). The highest BCUT2D eigenvalue weighted by Gasteiger charge is 2.11. The summed E-state index contributed by atoms with van der Waals surface area (Å²) < 4.78 is 5.82. The second kappa shape index (κ2) is 7.42. The number of hydrogen-bond donors (Lipinski definition) is 3. The molecule has 0 unspecified atom stereocenters. The second-order valence-corrected chi connectivity index (χ2v) is 4.76. The van der Waals surface area contributed by atoms with Crippen LogP contribution in [-0.4, -0.2) is 29.3 Å². The summed E-state index contributed by atoms with van der Waals surface area (Å²) in [6, 6.07) is 8.74. The Bertz CT molecular complexity index is 659. The van der Waals surface area contributed by atoms with Crippen molar-refractivity contribution in [3.63, 3.8) is 0 Å². The summed E-state index contributed by atoms with van der Waals surface area (Å²) in [6.07, 6.45) is 1.59. The number of aryl methyl sites for hydroxylation is 1. The highest BCUT2D eigenvalue weighted by molar-refractivity contribution is 5.90. The molecule has 22 heavy (non-hydrogen) atoms. The Morgan fingerprint density at radius 2 is 2.09 bits per heavy atom. The maximum Gasteiger partial charge on any atom is 0.319 e. The van der Waals surface area contributed by atoms with Gasteiger partial charge in [-0.25, -0.2) is 9.78 Å². The summed E-state index contributed by atoms with van der Waals surface area (Å²) in [7, 11) is 0.